The van der Waals surface area contributed by atoms with Crippen LogP contribution in [0.3, 0.4) is 0 Å². The number of thiazole rings is 1. The molecule has 0 atom stereocenters. The van der Waals surface area contributed by atoms with E-state index in [9.17, 15) is 0 Å². The molecule has 4 heteroatoms. The number of benzene rings is 1. The average Bonchev–Trinajstić information content (AvgIpc) is 2.77. The van der Waals surface area contributed by atoms with Gasteiger partial charge in [0.05, 0.1) is 6.61 Å². The van der Waals surface area contributed by atoms with Gasteiger partial charge in [0, 0.05) is 16.6 Å². The van der Waals surface area contributed by atoms with Gasteiger partial charge in [0.15, 0.2) is 0 Å². The minimum Gasteiger partial charge on any atom is -0.494 e. The number of aromatic nitrogens is 1. The van der Waals surface area contributed by atoms with E-state index in [4.69, 9.17) is 10.5 Å². The first kappa shape index (κ1) is 12.1. The van der Waals surface area contributed by atoms with Crippen LogP contribution in [0.4, 0.5) is 0 Å². The number of nitrogens with zero attached hydrogens (tertiary/aromatic N) is 1. The lowest BCUT2D eigenvalue weighted by molar-refractivity contribution is 0.313. The third-order valence-corrected chi connectivity index (χ3v) is 3.33. The molecule has 0 fully saturated rings. The molecule has 0 unspecified atom stereocenters. The zero-order chi connectivity index (χ0) is 12.1. The summed E-state index contributed by atoms with van der Waals surface area (Å²) >= 11 is 1.65. The second-order valence-corrected chi connectivity index (χ2v) is 4.67. The van der Waals surface area contributed by atoms with Crippen LogP contribution in [0.5, 0.6) is 5.75 Å². The van der Waals surface area contributed by atoms with Crippen molar-refractivity contribution in [3.05, 3.63) is 35.3 Å². The summed E-state index contributed by atoms with van der Waals surface area (Å²) in [7, 11) is 0. The number of aryl methyl sites for hydroxylation is 1. The van der Waals surface area contributed by atoms with Gasteiger partial charge in [0.25, 0.3) is 0 Å². The molecule has 0 aliphatic heterocycles. The largest absolute Gasteiger partial charge is 0.494 e. The van der Waals surface area contributed by atoms with E-state index < -0.39 is 0 Å². The molecule has 0 radical (unpaired) electrons. The van der Waals surface area contributed by atoms with Crippen LogP contribution >= 0.6 is 11.3 Å². The van der Waals surface area contributed by atoms with E-state index >= 15 is 0 Å². The maximum atomic E-state index is 5.61. The normalized spacial score (nSPS) is 10.5. The summed E-state index contributed by atoms with van der Waals surface area (Å²) in [6.45, 7) is 3.32. The highest BCUT2D eigenvalue weighted by molar-refractivity contribution is 7.13. The lowest BCUT2D eigenvalue weighted by atomic mass is 10.2. The molecule has 1 aromatic heterocycles. The van der Waals surface area contributed by atoms with Crippen molar-refractivity contribution in [3.63, 3.8) is 0 Å². The fraction of sp³-hybridized carbons (Fsp3) is 0.308. The maximum Gasteiger partial charge on any atom is 0.123 e. The van der Waals surface area contributed by atoms with Crippen LogP contribution in [-0.2, 0) is 0 Å². The quantitative estimate of drug-likeness (QED) is 0.828. The molecular weight excluding hydrogens is 232 g/mol. The van der Waals surface area contributed by atoms with E-state index in [0.29, 0.717) is 13.2 Å². The van der Waals surface area contributed by atoms with Gasteiger partial charge >= 0.3 is 0 Å². The van der Waals surface area contributed by atoms with Crippen LogP contribution in [0, 0.1) is 6.92 Å². The Labute approximate surface area is 105 Å². The van der Waals surface area contributed by atoms with Gasteiger partial charge in [-0.3, -0.25) is 0 Å². The van der Waals surface area contributed by atoms with Gasteiger partial charge in [0.2, 0.25) is 0 Å². The Morgan fingerprint density at radius 2 is 2.29 bits per heavy atom. The highest BCUT2D eigenvalue weighted by Crippen LogP contribution is 2.26. The fourth-order valence-corrected chi connectivity index (χ4v) is 2.27. The van der Waals surface area contributed by atoms with Crippen molar-refractivity contribution in [2.24, 2.45) is 5.73 Å². The first-order chi connectivity index (χ1) is 8.29. The lowest BCUT2D eigenvalue weighted by Crippen LogP contribution is -2.05. The number of nitrogens with two attached hydrogens (primary N) is 1. The van der Waals surface area contributed by atoms with Crippen molar-refractivity contribution >= 4 is 11.3 Å². The Balaban J connectivity index is 2.11. The van der Waals surface area contributed by atoms with Gasteiger partial charge in [-0.15, -0.1) is 11.3 Å². The monoisotopic (exact) mass is 248 g/mol. The van der Waals surface area contributed by atoms with Gasteiger partial charge in [-0.25, -0.2) is 4.98 Å². The lowest BCUT2D eigenvalue weighted by Gasteiger charge is -2.06. The summed E-state index contributed by atoms with van der Waals surface area (Å²) in [5, 5.41) is 3.09. The molecule has 0 aliphatic carbocycles. The second-order valence-electron chi connectivity index (χ2n) is 3.81. The summed E-state index contributed by atoms with van der Waals surface area (Å²) in [6.07, 6.45) is 0.876. The molecule has 2 aromatic rings. The number of hydrogen-bond donors (Lipinski definition) is 1. The number of rotatable bonds is 5. The average molecular weight is 248 g/mol. The van der Waals surface area contributed by atoms with Crippen molar-refractivity contribution in [2.75, 3.05) is 13.2 Å². The molecule has 2 rings (SSSR count). The third-order valence-electron chi connectivity index (χ3n) is 2.32. The smallest absolute Gasteiger partial charge is 0.123 e. The molecule has 1 aromatic carbocycles. The van der Waals surface area contributed by atoms with E-state index in [-0.39, 0.29) is 0 Å². The second kappa shape index (κ2) is 5.80. The predicted octanol–water partition coefficient (Wildman–Crippen LogP) is 2.85. The Morgan fingerprint density at radius 3 is 3.00 bits per heavy atom. The molecule has 17 heavy (non-hydrogen) atoms. The summed E-state index contributed by atoms with van der Waals surface area (Å²) < 4.78 is 5.61. The van der Waals surface area contributed by atoms with Gasteiger partial charge in [0.1, 0.15) is 10.8 Å². The molecule has 3 nitrogen and oxygen atoms in total. The third kappa shape index (κ3) is 3.28. The van der Waals surface area contributed by atoms with E-state index in [1.54, 1.807) is 11.3 Å². The first-order valence-corrected chi connectivity index (χ1v) is 6.53. The van der Waals surface area contributed by atoms with Crippen molar-refractivity contribution in [1.29, 1.82) is 0 Å². The topological polar surface area (TPSA) is 48.1 Å². The fourth-order valence-electron chi connectivity index (χ4n) is 1.48. The number of ether oxygens (including phenoxy) is 1. The van der Waals surface area contributed by atoms with Gasteiger partial charge in [-0.1, -0.05) is 12.1 Å². The summed E-state index contributed by atoms with van der Waals surface area (Å²) in [5.41, 5.74) is 7.59. The molecule has 0 saturated heterocycles. The van der Waals surface area contributed by atoms with Crippen LogP contribution in [0.15, 0.2) is 29.6 Å². The Bertz CT molecular complexity index is 482. The Hall–Kier alpha value is -1.39. The van der Waals surface area contributed by atoms with E-state index in [1.807, 2.05) is 31.2 Å². The van der Waals surface area contributed by atoms with Crippen molar-refractivity contribution in [1.82, 2.24) is 4.98 Å². The van der Waals surface area contributed by atoms with E-state index in [0.717, 1.165) is 28.4 Å². The standard InChI is InChI=1S/C13H16N2OS/c1-10-9-17-13(15-10)11-4-2-5-12(8-11)16-7-3-6-14/h2,4-5,8-9H,3,6-7,14H2,1H3. The van der Waals surface area contributed by atoms with Crippen molar-refractivity contribution in [3.8, 4) is 16.3 Å². The van der Waals surface area contributed by atoms with Crippen LogP contribution < -0.4 is 10.5 Å². The molecule has 1 heterocycles. The van der Waals surface area contributed by atoms with E-state index in [2.05, 4.69) is 10.4 Å². The molecule has 0 aliphatic rings. The van der Waals surface area contributed by atoms with Gasteiger partial charge in [-0.05, 0) is 32.0 Å². The van der Waals surface area contributed by atoms with Crippen LogP contribution in [0.25, 0.3) is 10.6 Å². The summed E-state index contributed by atoms with van der Waals surface area (Å²) in [5.74, 6) is 0.879. The molecule has 90 valence electrons. The summed E-state index contributed by atoms with van der Waals surface area (Å²) in [4.78, 5) is 4.46. The molecule has 2 N–H and O–H groups in total. The predicted molar refractivity (Wildman–Crippen MR) is 71.5 cm³/mol. The van der Waals surface area contributed by atoms with Crippen LogP contribution in [0.1, 0.15) is 12.1 Å². The Morgan fingerprint density at radius 1 is 1.41 bits per heavy atom. The minimum absolute atomic E-state index is 0.658. The first-order valence-electron chi connectivity index (χ1n) is 5.65. The molecule has 0 amide bonds. The molecule has 0 spiro atoms. The zero-order valence-corrected chi connectivity index (χ0v) is 10.7. The highest BCUT2D eigenvalue weighted by atomic mass is 32.1. The van der Waals surface area contributed by atoms with E-state index in [1.165, 1.54) is 0 Å². The molecule has 0 saturated carbocycles. The Kier molecular flexibility index (Phi) is 4.12. The van der Waals surface area contributed by atoms with Crippen LogP contribution in [0.2, 0.25) is 0 Å². The van der Waals surface area contributed by atoms with Crippen LogP contribution in [-0.4, -0.2) is 18.1 Å². The molecular formula is C13H16N2OS. The summed E-state index contributed by atoms with van der Waals surface area (Å²) in [6, 6.07) is 8.02. The minimum atomic E-state index is 0.658. The SMILES string of the molecule is Cc1csc(-c2cccc(OCCCN)c2)n1. The van der Waals surface area contributed by atoms with Gasteiger partial charge < -0.3 is 10.5 Å². The number of hydrogen-bond acceptors (Lipinski definition) is 4. The van der Waals surface area contributed by atoms with Crippen molar-refractivity contribution < 1.29 is 4.74 Å². The van der Waals surface area contributed by atoms with Crippen molar-refractivity contribution in [2.45, 2.75) is 13.3 Å². The zero-order valence-electron chi connectivity index (χ0n) is 9.85. The van der Waals surface area contributed by atoms with Gasteiger partial charge in [-0.2, -0.15) is 0 Å². The maximum absolute atomic E-state index is 5.61. The molecule has 0 bridgehead atoms. The highest BCUT2D eigenvalue weighted by Gasteiger charge is 2.03.